The molecular formula is C8H16N2OS. The minimum absolute atomic E-state index is 0.0172. The SMILES string of the molecule is CCCC1CNC(=O)NCCS1. The zero-order chi connectivity index (χ0) is 8.81. The van der Waals surface area contributed by atoms with Gasteiger partial charge in [0.25, 0.3) is 0 Å². The van der Waals surface area contributed by atoms with Gasteiger partial charge in [0.1, 0.15) is 0 Å². The summed E-state index contributed by atoms with van der Waals surface area (Å²) in [7, 11) is 0. The molecule has 2 N–H and O–H groups in total. The van der Waals surface area contributed by atoms with Gasteiger partial charge in [0.05, 0.1) is 0 Å². The van der Waals surface area contributed by atoms with Gasteiger partial charge in [0, 0.05) is 24.1 Å². The first-order valence-electron chi connectivity index (χ1n) is 4.46. The van der Waals surface area contributed by atoms with Crippen molar-refractivity contribution in [1.82, 2.24) is 10.6 Å². The van der Waals surface area contributed by atoms with E-state index in [9.17, 15) is 4.79 Å². The Morgan fingerprint density at radius 3 is 3.17 bits per heavy atom. The van der Waals surface area contributed by atoms with E-state index < -0.39 is 0 Å². The third-order valence-electron chi connectivity index (χ3n) is 1.84. The van der Waals surface area contributed by atoms with Crippen LogP contribution in [0.3, 0.4) is 0 Å². The lowest BCUT2D eigenvalue weighted by atomic mass is 10.2. The van der Waals surface area contributed by atoms with E-state index in [1.54, 1.807) is 0 Å². The summed E-state index contributed by atoms with van der Waals surface area (Å²) in [4.78, 5) is 11.0. The lowest BCUT2D eigenvalue weighted by molar-refractivity contribution is 0.241. The number of carbonyl (C=O) groups excluding carboxylic acids is 1. The molecule has 4 heteroatoms. The van der Waals surface area contributed by atoms with E-state index in [2.05, 4.69) is 17.6 Å². The summed E-state index contributed by atoms with van der Waals surface area (Å²) in [5.74, 6) is 1.04. The molecule has 1 saturated heterocycles. The molecule has 0 radical (unpaired) electrons. The highest BCUT2D eigenvalue weighted by Gasteiger charge is 2.12. The number of amides is 2. The Balaban J connectivity index is 2.28. The van der Waals surface area contributed by atoms with E-state index in [1.165, 1.54) is 12.8 Å². The Bertz CT molecular complexity index is 152. The quantitative estimate of drug-likeness (QED) is 0.683. The number of thioether (sulfide) groups is 1. The monoisotopic (exact) mass is 188 g/mol. The van der Waals surface area contributed by atoms with Crippen molar-refractivity contribution < 1.29 is 4.79 Å². The highest BCUT2D eigenvalue weighted by Crippen LogP contribution is 2.15. The van der Waals surface area contributed by atoms with Gasteiger partial charge in [-0.1, -0.05) is 13.3 Å². The minimum Gasteiger partial charge on any atom is -0.337 e. The van der Waals surface area contributed by atoms with E-state index in [-0.39, 0.29) is 6.03 Å². The maximum atomic E-state index is 11.0. The van der Waals surface area contributed by atoms with Gasteiger partial charge in [-0.25, -0.2) is 4.79 Å². The summed E-state index contributed by atoms with van der Waals surface area (Å²) < 4.78 is 0. The summed E-state index contributed by atoms with van der Waals surface area (Å²) in [6, 6.07) is -0.0172. The van der Waals surface area contributed by atoms with Gasteiger partial charge in [-0.2, -0.15) is 11.8 Å². The first-order chi connectivity index (χ1) is 5.83. The van der Waals surface area contributed by atoms with Crippen LogP contribution in [-0.2, 0) is 0 Å². The molecule has 0 aromatic heterocycles. The first-order valence-corrected chi connectivity index (χ1v) is 5.51. The van der Waals surface area contributed by atoms with Gasteiger partial charge >= 0.3 is 6.03 Å². The van der Waals surface area contributed by atoms with Crippen LogP contribution in [0.1, 0.15) is 19.8 Å². The molecule has 0 aromatic rings. The van der Waals surface area contributed by atoms with Crippen molar-refractivity contribution in [3.63, 3.8) is 0 Å². The number of carbonyl (C=O) groups is 1. The van der Waals surface area contributed by atoms with Crippen LogP contribution in [0, 0.1) is 0 Å². The Morgan fingerprint density at radius 1 is 1.58 bits per heavy atom. The van der Waals surface area contributed by atoms with Crippen molar-refractivity contribution in [2.75, 3.05) is 18.8 Å². The summed E-state index contributed by atoms with van der Waals surface area (Å²) in [6.07, 6.45) is 2.39. The molecule has 2 amide bonds. The lowest BCUT2D eigenvalue weighted by Crippen LogP contribution is -2.42. The first kappa shape index (κ1) is 9.71. The molecule has 1 rings (SSSR count). The molecule has 0 aliphatic carbocycles. The number of nitrogens with one attached hydrogen (secondary N) is 2. The maximum Gasteiger partial charge on any atom is 0.314 e. The Labute approximate surface area is 77.7 Å². The fraction of sp³-hybridized carbons (Fsp3) is 0.875. The standard InChI is InChI=1S/C8H16N2OS/c1-2-3-7-6-10-8(11)9-4-5-12-7/h7H,2-6H2,1H3,(H2,9,10,11). The van der Waals surface area contributed by atoms with E-state index in [1.807, 2.05) is 11.8 Å². The van der Waals surface area contributed by atoms with Crippen molar-refractivity contribution in [2.24, 2.45) is 0 Å². The summed E-state index contributed by atoms with van der Waals surface area (Å²) in [5, 5.41) is 6.24. The maximum absolute atomic E-state index is 11.0. The molecule has 1 aliphatic heterocycles. The van der Waals surface area contributed by atoms with Crippen molar-refractivity contribution >= 4 is 17.8 Å². The van der Waals surface area contributed by atoms with Gasteiger partial charge in [-0.05, 0) is 6.42 Å². The number of urea groups is 1. The molecule has 0 spiro atoms. The second-order valence-electron chi connectivity index (χ2n) is 2.92. The second kappa shape index (κ2) is 5.30. The van der Waals surface area contributed by atoms with Gasteiger partial charge in [-0.3, -0.25) is 0 Å². The molecule has 1 unspecified atom stereocenters. The Hall–Kier alpha value is -0.380. The third kappa shape index (κ3) is 3.34. The Kier molecular flexibility index (Phi) is 4.29. The number of hydrogen-bond donors (Lipinski definition) is 2. The average Bonchev–Trinajstić information content (AvgIpc) is 2.04. The van der Waals surface area contributed by atoms with E-state index in [0.29, 0.717) is 5.25 Å². The fourth-order valence-corrected chi connectivity index (χ4v) is 2.38. The second-order valence-corrected chi connectivity index (χ2v) is 4.33. The predicted molar refractivity (Wildman–Crippen MR) is 52.6 cm³/mol. The molecule has 70 valence electrons. The molecular weight excluding hydrogens is 172 g/mol. The summed E-state index contributed by atoms with van der Waals surface area (Å²) in [6.45, 7) is 3.78. The van der Waals surface area contributed by atoms with Crippen LogP contribution in [0.25, 0.3) is 0 Å². The molecule has 0 bridgehead atoms. The molecule has 1 aliphatic rings. The van der Waals surface area contributed by atoms with Crippen LogP contribution >= 0.6 is 11.8 Å². The van der Waals surface area contributed by atoms with E-state index in [0.717, 1.165) is 18.8 Å². The van der Waals surface area contributed by atoms with Crippen LogP contribution in [0.4, 0.5) is 4.79 Å². The van der Waals surface area contributed by atoms with Gasteiger partial charge in [0.15, 0.2) is 0 Å². The fourth-order valence-electron chi connectivity index (χ4n) is 1.23. The lowest BCUT2D eigenvalue weighted by Gasteiger charge is -2.19. The highest BCUT2D eigenvalue weighted by molar-refractivity contribution is 7.99. The average molecular weight is 188 g/mol. The number of hydrogen-bond acceptors (Lipinski definition) is 2. The molecule has 12 heavy (non-hydrogen) atoms. The normalized spacial score (nSPS) is 25.1. The van der Waals surface area contributed by atoms with Crippen LogP contribution in [0.5, 0.6) is 0 Å². The highest BCUT2D eigenvalue weighted by atomic mass is 32.2. The largest absolute Gasteiger partial charge is 0.337 e. The number of rotatable bonds is 2. The van der Waals surface area contributed by atoms with Crippen molar-refractivity contribution in [2.45, 2.75) is 25.0 Å². The Morgan fingerprint density at radius 2 is 2.42 bits per heavy atom. The summed E-state index contributed by atoms with van der Waals surface area (Å²) in [5.41, 5.74) is 0. The van der Waals surface area contributed by atoms with Crippen LogP contribution in [0.15, 0.2) is 0 Å². The van der Waals surface area contributed by atoms with Gasteiger partial charge in [-0.15, -0.1) is 0 Å². The molecule has 0 aromatic carbocycles. The molecule has 1 atom stereocenters. The molecule has 3 nitrogen and oxygen atoms in total. The van der Waals surface area contributed by atoms with E-state index >= 15 is 0 Å². The zero-order valence-corrected chi connectivity index (χ0v) is 8.25. The van der Waals surface area contributed by atoms with E-state index in [4.69, 9.17) is 0 Å². The zero-order valence-electron chi connectivity index (χ0n) is 7.43. The van der Waals surface area contributed by atoms with Crippen molar-refractivity contribution in [1.29, 1.82) is 0 Å². The van der Waals surface area contributed by atoms with Gasteiger partial charge < -0.3 is 10.6 Å². The third-order valence-corrected chi connectivity index (χ3v) is 3.16. The van der Waals surface area contributed by atoms with Crippen molar-refractivity contribution in [3.8, 4) is 0 Å². The van der Waals surface area contributed by atoms with Crippen molar-refractivity contribution in [3.05, 3.63) is 0 Å². The van der Waals surface area contributed by atoms with Crippen LogP contribution in [-0.4, -0.2) is 30.1 Å². The smallest absolute Gasteiger partial charge is 0.314 e. The summed E-state index contributed by atoms with van der Waals surface area (Å²) >= 11 is 1.95. The van der Waals surface area contributed by atoms with Crippen LogP contribution < -0.4 is 10.6 Å². The molecule has 1 fully saturated rings. The molecule has 1 heterocycles. The van der Waals surface area contributed by atoms with Gasteiger partial charge in [0.2, 0.25) is 0 Å². The van der Waals surface area contributed by atoms with Crippen LogP contribution in [0.2, 0.25) is 0 Å². The predicted octanol–water partition coefficient (Wildman–Crippen LogP) is 1.20. The minimum atomic E-state index is -0.0172. The topological polar surface area (TPSA) is 41.1 Å². The molecule has 0 saturated carbocycles.